The minimum atomic E-state index is -4.27. The Balaban J connectivity index is 0.00000361. The van der Waals surface area contributed by atoms with Crippen molar-refractivity contribution in [1.29, 1.82) is 0 Å². The quantitative estimate of drug-likeness (QED) is 0.220. The van der Waals surface area contributed by atoms with E-state index in [4.69, 9.17) is 0 Å². The van der Waals surface area contributed by atoms with E-state index in [1.54, 1.807) is 12.1 Å². The molecule has 2 saturated carbocycles. The topological polar surface area (TPSA) is 54.4 Å². The van der Waals surface area contributed by atoms with Gasteiger partial charge < -0.3 is 0 Å². The van der Waals surface area contributed by atoms with E-state index in [0.29, 0.717) is 0 Å². The van der Waals surface area contributed by atoms with E-state index in [9.17, 15) is 13.0 Å². The Hall–Kier alpha value is -0.220. The van der Waals surface area contributed by atoms with Crippen molar-refractivity contribution in [1.82, 2.24) is 0 Å². The van der Waals surface area contributed by atoms with Crippen LogP contribution in [-0.4, -0.2) is 53.8 Å². The zero-order valence-corrected chi connectivity index (χ0v) is 26.7. The van der Waals surface area contributed by atoms with Crippen molar-refractivity contribution in [3.05, 3.63) is 47.5 Å². The minimum absolute atomic E-state index is 0. The van der Waals surface area contributed by atoms with E-state index >= 15 is 0 Å². The zero-order chi connectivity index (χ0) is 25.2. The third-order valence-electron chi connectivity index (χ3n) is 8.10. The maximum Gasteiger partial charge on any atom is 0.294 e. The van der Waals surface area contributed by atoms with Gasteiger partial charge in [-0.1, -0.05) is 98.4 Å². The van der Waals surface area contributed by atoms with Crippen LogP contribution in [0.2, 0.25) is 0 Å². The van der Waals surface area contributed by atoms with Crippen LogP contribution in [0.25, 0.3) is 11.1 Å². The molecule has 0 bridgehead atoms. The van der Waals surface area contributed by atoms with Gasteiger partial charge in [-0.05, 0) is 88.5 Å². The second-order valence-corrected chi connectivity index (χ2v) is 15.4. The van der Waals surface area contributed by atoms with Crippen molar-refractivity contribution in [3.63, 3.8) is 0 Å². The van der Waals surface area contributed by atoms with Crippen molar-refractivity contribution in [2.45, 2.75) is 120 Å². The zero-order valence-electron chi connectivity index (χ0n) is 23.0. The predicted octanol–water partition coefficient (Wildman–Crippen LogP) is 8.24. The normalized spacial score (nSPS) is 18.1. The van der Waals surface area contributed by atoms with Gasteiger partial charge in [-0.25, -0.2) is 0 Å². The van der Waals surface area contributed by atoms with Crippen LogP contribution in [0.15, 0.2) is 41.3 Å². The molecule has 2 aliphatic rings. The Morgan fingerprint density at radius 3 is 1.64 bits per heavy atom. The second kappa shape index (κ2) is 13.2. The molecule has 0 saturated heterocycles. The van der Waals surface area contributed by atoms with E-state index in [2.05, 4.69) is 52.0 Å². The van der Waals surface area contributed by atoms with E-state index in [0.717, 1.165) is 22.4 Å². The Morgan fingerprint density at radius 2 is 1.22 bits per heavy atom. The van der Waals surface area contributed by atoms with Crippen LogP contribution < -0.4 is 5.30 Å². The molecule has 0 amide bonds. The van der Waals surface area contributed by atoms with E-state index in [-0.39, 0.29) is 54.2 Å². The molecule has 2 aromatic rings. The first-order valence-corrected chi connectivity index (χ1v) is 16.6. The Bertz CT molecular complexity index is 1070. The second-order valence-electron chi connectivity index (χ2n) is 11.3. The van der Waals surface area contributed by atoms with E-state index in [1.807, 2.05) is 0 Å². The molecular weight excluding hydrogens is 494 g/mol. The molecule has 4 rings (SSSR count). The summed E-state index contributed by atoms with van der Waals surface area (Å²) in [5.74, 6) is 0.292. The van der Waals surface area contributed by atoms with Gasteiger partial charge in [-0.3, -0.25) is 4.55 Å². The monoisotopic (exact) mass is 537 g/mol. The first-order valence-electron chi connectivity index (χ1n) is 13.7. The number of hydrogen-bond donors (Lipinski definition) is 1. The smallest absolute Gasteiger partial charge is 0.282 e. The molecule has 3 nitrogen and oxygen atoms in total. The van der Waals surface area contributed by atoms with Crippen LogP contribution >= 0.6 is 7.92 Å². The summed E-state index contributed by atoms with van der Waals surface area (Å²) in [6, 6.07) is 12.5. The standard InChI is InChI=1S/C30H43O3PS.Na/c1-21(2)27-19-25(35(31,32)33)20-28(22(3)4)30(27)26-17-11-12-18-29(26)34(23-13-7-5-8-14-23)24-15-9-6-10-16-24;/h11-12,17-24H,5-10,13-16H2,1-4H3,(H,31,32,33);. The first kappa shape index (κ1) is 30.3. The van der Waals surface area contributed by atoms with Crippen LogP contribution in [0, 0.1) is 0 Å². The minimum Gasteiger partial charge on any atom is -0.282 e. The molecular formula is C30H43NaO3PS. The maximum atomic E-state index is 12.2. The molecule has 2 fully saturated rings. The van der Waals surface area contributed by atoms with Gasteiger partial charge in [0.15, 0.2) is 0 Å². The molecule has 36 heavy (non-hydrogen) atoms. The molecule has 1 N–H and O–H groups in total. The Morgan fingerprint density at radius 1 is 0.778 bits per heavy atom. The van der Waals surface area contributed by atoms with Crippen LogP contribution in [0.3, 0.4) is 0 Å². The fraction of sp³-hybridized carbons (Fsp3) is 0.600. The molecule has 0 aliphatic heterocycles. The molecule has 193 valence electrons. The van der Waals surface area contributed by atoms with Gasteiger partial charge in [0, 0.05) is 29.6 Å². The van der Waals surface area contributed by atoms with Crippen molar-refractivity contribution in [3.8, 4) is 11.1 Å². The van der Waals surface area contributed by atoms with Gasteiger partial charge in [-0.15, -0.1) is 0 Å². The summed E-state index contributed by atoms with van der Waals surface area (Å²) in [6.45, 7) is 8.52. The SMILES string of the molecule is CC(C)c1cc(S(=O)(=O)O)cc(C(C)C)c1-c1ccccc1P(C1CCCCC1)C1CCCCC1.[Na]. The largest absolute Gasteiger partial charge is 0.294 e. The van der Waals surface area contributed by atoms with Crippen molar-refractivity contribution >= 4 is 52.9 Å². The van der Waals surface area contributed by atoms with Crippen molar-refractivity contribution in [2.75, 3.05) is 0 Å². The number of hydrogen-bond acceptors (Lipinski definition) is 2. The van der Waals surface area contributed by atoms with Crippen LogP contribution in [0.5, 0.6) is 0 Å². The summed E-state index contributed by atoms with van der Waals surface area (Å²) in [4.78, 5) is 0.0213. The van der Waals surface area contributed by atoms with E-state index in [1.165, 1.54) is 80.6 Å². The fourth-order valence-corrected chi connectivity index (χ4v) is 10.9. The molecule has 1 radical (unpaired) electrons. The summed E-state index contributed by atoms with van der Waals surface area (Å²) in [7, 11) is -4.57. The molecule has 2 aromatic carbocycles. The first-order chi connectivity index (χ1) is 16.7. The fourth-order valence-electron chi connectivity index (χ4n) is 6.35. The molecule has 0 aromatic heterocycles. The van der Waals surface area contributed by atoms with Gasteiger partial charge in [0.05, 0.1) is 4.90 Å². The summed E-state index contributed by atoms with van der Waals surface area (Å²) in [6.07, 6.45) is 13.6. The van der Waals surface area contributed by atoms with Gasteiger partial charge in [0.2, 0.25) is 0 Å². The molecule has 0 heterocycles. The average molecular weight is 538 g/mol. The Labute approximate surface area is 243 Å². The average Bonchev–Trinajstić information content (AvgIpc) is 2.84. The van der Waals surface area contributed by atoms with Gasteiger partial charge in [0.1, 0.15) is 0 Å². The van der Waals surface area contributed by atoms with Crippen molar-refractivity contribution < 1.29 is 13.0 Å². The van der Waals surface area contributed by atoms with Crippen LogP contribution in [-0.2, 0) is 10.1 Å². The Kier molecular flexibility index (Phi) is 11.1. The molecule has 6 heteroatoms. The summed E-state index contributed by atoms with van der Waals surface area (Å²) < 4.78 is 34.3. The summed E-state index contributed by atoms with van der Waals surface area (Å²) >= 11 is 0. The van der Waals surface area contributed by atoms with Crippen LogP contribution in [0.4, 0.5) is 0 Å². The summed E-state index contributed by atoms with van der Waals surface area (Å²) in [5.41, 5.74) is 6.16. The van der Waals surface area contributed by atoms with Crippen molar-refractivity contribution in [2.24, 2.45) is 0 Å². The number of benzene rings is 2. The van der Waals surface area contributed by atoms with Crippen LogP contribution in [0.1, 0.15) is 115 Å². The van der Waals surface area contributed by atoms with E-state index < -0.39 is 10.1 Å². The van der Waals surface area contributed by atoms with Gasteiger partial charge >= 0.3 is 0 Å². The predicted molar refractivity (Wildman–Crippen MR) is 156 cm³/mol. The molecule has 0 unspecified atom stereocenters. The number of rotatable bonds is 7. The van der Waals surface area contributed by atoms with Gasteiger partial charge in [-0.2, -0.15) is 8.42 Å². The molecule has 2 aliphatic carbocycles. The third kappa shape index (κ3) is 6.85. The maximum absolute atomic E-state index is 12.2. The summed E-state index contributed by atoms with van der Waals surface area (Å²) in [5, 5.41) is 1.53. The third-order valence-corrected chi connectivity index (χ3v) is 12.5. The van der Waals surface area contributed by atoms with Gasteiger partial charge in [0.25, 0.3) is 10.1 Å². The molecule has 0 atom stereocenters. The molecule has 0 spiro atoms.